The third-order valence-corrected chi connectivity index (χ3v) is 2.97. The Hall–Kier alpha value is -2.90. The quantitative estimate of drug-likeness (QED) is 0.681. The highest BCUT2D eigenvalue weighted by molar-refractivity contribution is 5.86. The molecule has 0 spiro atoms. The minimum Gasteiger partial charge on any atom is -0.428 e. The third-order valence-electron chi connectivity index (χ3n) is 2.97. The number of hydrogen-bond acceptors (Lipinski definition) is 5. The van der Waals surface area contributed by atoms with Gasteiger partial charge in [0.2, 0.25) is 0 Å². The molecule has 0 atom stereocenters. The van der Waals surface area contributed by atoms with Gasteiger partial charge in [-0.05, 0) is 26.0 Å². The van der Waals surface area contributed by atoms with Crippen LogP contribution in [0.3, 0.4) is 0 Å². The first-order valence-corrected chi connectivity index (χ1v) is 6.40. The third kappa shape index (κ3) is 2.83. The van der Waals surface area contributed by atoms with Gasteiger partial charge in [0.05, 0.1) is 17.8 Å². The molecule has 0 unspecified atom stereocenters. The van der Waals surface area contributed by atoms with E-state index < -0.39 is 6.03 Å². The largest absolute Gasteiger partial charge is 0.428 e. The maximum atomic E-state index is 11.7. The minimum atomic E-state index is -0.412. The molecular weight excluding hydrogens is 272 g/mol. The predicted octanol–water partition coefficient (Wildman–Crippen LogP) is 1.88. The Morgan fingerprint density at radius 1 is 1.38 bits per heavy atom. The van der Waals surface area contributed by atoms with Crippen molar-refractivity contribution in [3.05, 3.63) is 35.6 Å². The van der Waals surface area contributed by atoms with Gasteiger partial charge in [0, 0.05) is 6.20 Å². The lowest BCUT2D eigenvalue weighted by atomic mass is 10.4. The normalized spacial score (nSPS) is 10.8. The number of aromatic nitrogens is 4. The van der Waals surface area contributed by atoms with E-state index in [0.717, 1.165) is 11.2 Å². The van der Waals surface area contributed by atoms with Crippen LogP contribution in [-0.4, -0.2) is 26.0 Å². The number of hydrogen-bond donors (Lipinski definition) is 3. The van der Waals surface area contributed by atoms with Crippen LogP contribution in [0, 0.1) is 13.8 Å². The first-order valence-electron chi connectivity index (χ1n) is 6.40. The Morgan fingerprint density at radius 3 is 2.95 bits per heavy atom. The van der Waals surface area contributed by atoms with E-state index in [2.05, 4.69) is 30.6 Å². The van der Waals surface area contributed by atoms with Gasteiger partial charge in [0.1, 0.15) is 11.6 Å². The van der Waals surface area contributed by atoms with E-state index in [1.165, 1.54) is 0 Å². The number of rotatable bonds is 3. The summed E-state index contributed by atoms with van der Waals surface area (Å²) in [6, 6.07) is 3.45. The number of aryl methyl sites for hydroxylation is 2. The molecule has 3 aromatic heterocycles. The van der Waals surface area contributed by atoms with Crippen LogP contribution in [0.15, 0.2) is 22.7 Å². The van der Waals surface area contributed by atoms with E-state index in [1.54, 1.807) is 13.1 Å². The average Bonchev–Trinajstić information content (AvgIpc) is 3.00. The van der Waals surface area contributed by atoms with Crippen molar-refractivity contribution in [2.45, 2.75) is 20.4 Å². The molecule has 8 heteroatoms. The number of carbonyl (C=O) groups is 1. The zero-order valence-electron chi connectivity index (χ0n) is 11.6. The summed E-state index contributed by atoms with van der Waals surface area (Å²) in [5.74, 6) is 1.30. The van der Waals surface area contributed by atoms with E-state index in [-0.39, 0.29) is 12.6 Å². The molecule has 3 heterocycles. The van der Waals surface area contributed by atoms with Gasteiger partial charge in [0.15, 0.2) is 5.65 Å². The number of oxazole rings is 1. The lowest BCUT2D eigenvalue weighted by Gasteiger charge is -2.02. The Kier molecular flexibility index (Phi) is 3.27. The summed E-state index contributed by atoms with van der Waals surface area (Å²) in [4.78, 5) is 27.3. The summed E-state index contributed by atoms with van der Waals surface area (Å²) in [5.41, 5.74) is 2.19. The number of aromatic amines is 1. The van der Waals surface area contributed by atoms with E-state index >= 15 is 0 Å². The highest BCUT2D eigenvalue weighted by Crippen LogP contribution is 2.12. The number of amides is 2. The van der Waals surface area contributed by atoms with Gasteiger partial charge >= 0.3 is 12.0 Å². The molecule has 3 N–H and O–H groups in total. The van der Waals surface area contributed by atoms with Crippen LogP contribution in [0.1, 0.15) is 17.3 Å². The number of imidazole rings is 1. The van der Waals surface area contributed by atoms with Crippen LogP contribution in [0.25, 0.3) is 11.2 Å². The minimum absolute atomic E-state index is 0.175. The van der Waals surface area contributed by atoms with Crippen molar-refractivity contribution in [2.75, 3.05) is 5.32 Å². The molecule has 0 aliphatic carbocycles. The monoisotopic (exact) mass is 286 g/mol. The summed E-state index contributed by atoms with van der Waals surface area (Å²) in [5, 5.41) is 5.19. The smallest absolute Gasteiger partial charge is 0.323 e. The lowest BCUT2D eigenvalue weighted by Crippen LogP contribution is -2.28. The molecular formula is C13H14N6O2. The molecule has 0 aromatic carbocycles. The van der Waals surface area contributed by atoms with Gasteiger partial charge < -0.3 is 14.7 Å². The van der Waals surface area contributed by atoms with Crippen molar-refractivity contribution in [3.8, 4) is 0 Å². The van der Waals surface area contributed by atoms with Gasteiger partial charge in [-0.1, -0.05) is 0 Å². The van der Waals surface area contributed by atoms with Crippen LogP contribution >= 0.6 is 0 Å². The highest BCUT2D eigenvalue weighted by Gasteiger charge is 2.10. The van der Waals surface area contributed by atoms with E-state index in [0.29, 0.717) is 17.2 Å². The molecule has 0 radical (unpaired) electrons. The first kappa shape index (κ1) is 13.1. The van der Waals surface area contributed by atoms with Crippen molar-refractivity contribution < 1.29 is 9.21 Å². The number of H-pyrrole nitrogens is 1. The fourth-order valence-electron chi connectivity index (χ4n) is 1.81. The predicted molar refractivity (Wildman–Crippen MR) is 75.7 cm³/mol. The van der Waals surface area contributed by atoms with Crippen LogP contribution < -0.4 is 10.6 Å². The average molecular weight is 286 g/mol. The van der Waals surface area contributed by atoms with Gasteiger partial charge in [0.25, 0.3) is 0 Å². The number of nitrogens with one attached hydrogen (secondary N) is 3. The second kappa shape index (κ2) is 5.23. The van der Waals surface area contributed by atoms with Crippen LogP contribution in [0.2, 0.25) is 0 Å². The molecule has 3 aromatic rings. The van der Waals surface area contributed by atoms with E-state index in [4.69, 9.17) is 4.42 Å². The van der Waals surface area contributed by atoms with Crippen LogP contribution in [0.5, 0.6) is 0 Å². The summed E-state index contributed by atoms with van der Waals surface area (Å²) >= 11 is 0. The number of pyridine rings is 1. The van der Waals surface area contributed by atoms with Gasteiger partial charge in [-0.2, -0.15) is 4.98 Å². The van der Waals surface area contributed by atoms with Crippen molar-refractivity contribution in [1.82, 2.24) is 25.3 Å². The zero-order valence-corrected chi connectivity index (χ0v) is 11.6. The standard InChI is InChI=1S/C13H14N6O2/c1-7-8(2)21-13(16-7)19-12(20)15-6-10-17-9-4-3-5-14-11(9)18-10/h3-5H,6H2,1-2H3,(H,14,17,18)(H2,15,16,19,20). The topological polar surface area (TPSA) is 109 Å². The fraction of sp³-hybridized carbons (Fsp3) is 0.231. The molecule has 108 valence electrons. The van der Waals surface area contributed by atoms with Crippen molar-refractivity contribution >= 4 is 23.2 Å². The molecule has 8 nitrogen and oxygen atoms in total. The van der Waals surface area contributed by atoms with E-state index in [1.807, 2.05) is 19.1 Å². The summed E-state index contributed by atoms with van der Waals surface area (Å²) in [7, 11) is 0. The lowest BCUT2D eigenvalue weighted by molar-refractivity contribution is 0.251. The molecule has 21 heavy (non-hydrogen) atoms. The van der Waals surface area contributed by atoms with Crippen LogP contribution in [0.4, 0.5) is 10.8 Å². The summed E-state index contributed by atoms with van der Waals surface area (Å²) < 4.78 is 5.27. The second-order valence-electron chi connectivity index (χ2n) is 4.53. The Balaban J connectivity index is 1.60. The summed E-state index contributed by atoms with van der Waals surface area (Å²) in [6.45, 7) is 3.84. The number of carbonyl (C=O) groups excluding carboxylic acids is 1. The second-order valence-corrected chi connectivity index (χ2v) is 4.53. The first-order chi connectivity index (χ1) is 10.1. The molecule has 0 fully saturated rings. The van der Waals surface area contributed by atoms with E-state index in [9.17, 15) is 4.79 Å². The molecule has 0 saturated carbocycles. The van der Waals surface area contributed by atoms with Crippen molar-refractivity contribution in [3.63, 3.8) is 0 Å². The Morgan fingerprint density at radius 2 is 2.24 bits per heavy atom. The number of fused-ring (bicyclic) bond motifs is 1. The van der Waals surface area contributed by atoms with Crippen molar-refractivity contribution in [1.29, 1.82) is 0 Å². The molecule has 0 aliphatic rings. The van der Waals surface area contributed by atoms with Gasteiger partial charge in [-0.25, -0.2) is 14.8 Å². The summed E-state index contributed by atoms with van der Waals surface area (Å²) in [6.07, 6.45) is 1.67. The SMILES string of the molecule is Cc1nc(NC(=O)NCc2nc3ncccc3[nH]2)oc1C. The van der Waals surface area contributed by atoms with Gasteiger partial charge in [-0.3, -0.25) is 5.32 Å². The van der Waals surface area contributed by atoms with Crippen molar-refractivity contribution in [2.24, 2.45) is 0 Å². The number of anilines is 1. The molecule has 0 saturated heterocycles. The molecule has 0 bridgehead atoms. The Bertz CT molecular complexity index is 738. The van der Waals surface area contributed by atoms with Crippen LogP contribution in [-0.2, 0) is 6.54 Å². The maximum absolute atomic E-state index is 11.7. The maximum Gasteiger partial charge on any atom is 0.323 e. The highest BCUT2D eigenvalue weighted by atomic mass is 16.4. The molecule has 2 amide bonds. The number of urea groups is 1. The van der Waals surface area contributed by atoms with Gasteiger partial charge in [-0.15, -0.1) is 0 Å². The number of nitrogens with zero attached hydrogens (tertiary/aromatic N) is 3. The Labute approximate surface area is 120 Å². The molecule has 0 aliphatic heterocycles. The fourth-order valence-corrected chi connectivity index (χ4v) is 1.81. The molecule has 3 rings (SSSR count). The zero-order chi connectivity index (χ0) is 14.8.